The summed E-state index contributed by atoms with van der Waals surface area (Å²) in [5.41, 5.74) is 0.252. The van der Waals surface area contributed by atoms with Gasteiger partial charge in [-0.15, -0.1) is 11.8 Å². The monoisotopic (exact) mass is 392 g/mol. The molecule has 0 aliphatic heterocycles. The Morgan fingerprint density at radius 1 is 1.22 bits per heavy atom. The Labute approximate surface area is 159 Å². The fourth-order valence-corrected chi connectivity index (χ4v) is 2.92. The number of nitro benzene ring substituents is 1. The summed E-state index contributed by atoms with van der Waals surface area (Å²) in [4.78, 5) is 36.7. The van der Waals surface area contributed by atoms with Crippen LogP contribution >= 0.6 is 11.8 Å². The number of hydrogen-bond acceptors (Lipinski definition) is 6. The van der Waals surface area contributed by atoms with Crippen molar-refractivity contribution in [1.82, 2.24) is 0 Å². The van der Waals surface area contributed by atoms with Crippen LogP contribution in [0, 0.1) is 15.9 Å². The molecular formula is C18H17FN2O5S. The minimum Gasteiger partial charge on any atom is -0.452 e. The average Bonchev–Trinajstić information content (AvgIpc) is 2.67. The summed E-state index contributed by atoms with van der Waals surface area (Å²) in [7, 11) is 0. The van der Waals surface area contributed by atoms with Crippen LogP contribution in [0.25, 0.3) is 0 Å². The van der Waals surface area contributed by atoms with Gasteiger partial charge in [0.1, 0.15) is 5.82 Å². The molecule has 2 rings (SSSR count). The molecule has 0 aliphatic rings. The van der Waals surface area contributed by atoms with Gasteiger partial charge in [0, 0.05) is 18.3 Å². The number of anilines is 1. The molecule has 0 aromatic heterocycles. The van der Waals surface area contributed by atoms with Gasteiger partial charge in [-0.3, -0.25) is 14.9 Å². The van der Waals surface area contributed by atoms with Crippen molar-refractivity contribution < 1.29 is 23.6 Å². The molecule has 27 heavy (non-hydrogen) atoms. The van der Waals surface area contributed by atoms with Crippen LogP contribution < -0.4 is 4.90 Å². The van der Waals surface area contributed by atoms with Crippen LogP contribution in [0.5, 0.6) is 0 Å². The molecule has 142 valence electrons. The van der Waals surface area contributed by atoms with E-state index in [1.165, 1.54) is 53.1 Å². The van der Waals surface area contributed by atoms with E-state index < -0.39 is 29.2 Å². The molecule has 0 saturated heterocycles. The first kappa shape index (κ1) is 20.4. The van der Waals surface area contributed by atoms with Crippen LogP contribution in [0.1, 0.15) is 17.3 Å². The highest BCUT2D eigenvalue weighted by molar-refractivity contribution is 7.98. The van der Waals surface area contributed by atoms with Crippen molar-refractivity contribution in [2.45, 2.75) is 11.8 Å². The standard InChI is InChI=1S/C18H17FN2O5S/c1-3-20(14-7-5-13(19)6-8-14)17(22)11-26-18(23)12-4-9-16(27-2)15(10-12)21(24)25/h4-10H,3,11H2,1-2H3. The van der Waals surface area contributed by atoms with Gasteiger partial charge in [0.2, 0.25) is 0 Å². The molecule has 0 spiro atoms. The second kappa shape index (κ2) is 9.13. The predicted molar refractivity (Wildman–Crippen MR) is 99.6 cm³/mol. The lowest BCUT2D eigenvalue weighted by atomic mass is 10.2. The third kappa shape index (κ3) is 5.04. The number of hydrogen-bond donors (Lipinski definition) is 0. The van der Waals surface area contributed by atoms with Crippen LogP contribution in [0.15, 0.2) is 47.4 Å². The van der Waals surface area contributed by atoms with Gasteiger partial charge in [0.05, 0.1) is 15.4 Å². The van der Waals surface area contributed by atoms with E-state index in [1.807, 2.05) is 0 Å². The number of ether oxygens (including phenoxy) is 1. The van der Waals surface area contributed by atoms with Gasteiger partial charge in [-0.25, -0.2) is 9.18 Å². The van der Waals surface area contributed by atoms with E-state index in [0.717, 1.165) is 6.07 Å². The largest absolute Gasteiger partial charge is 0.452 e. The molecule has 2 aromatic rings. The van der Waals surface area contributed by atoms with Gasteiger partial charge < -0.3 is 9.64 Å². The summed E-state index contributed by atoms with van der Waals surface area (Å²) >= 11 is 1.19. The van der Waals surface area contributed by atoms with Crippen LogP contribution in [0.3, 0.4) is 0 Å². The minimum absolute atomic E-state index is 0.0165. The van der Waals surface area contributed by atoms with Crippen molar-refractivity contribution in [3.05, 3.63) is 64.0 Å². The fourth-order valence-electron chi connectivity index (χ4n) is 2.37. The summed E-state index contributed by atoms with van der Waals surface area (Å²) in [6, 6.07) is 9.33. The first-order valence-corrected chi connectivity index (χ1v) is 9.15. The van der Waals surface area contributed by atoms with E-state index in [1.54, 1.807) is 13.2 Å². The van der Waals surface area contributed by atoms with Gasteiger partial charge in [-0.2, -0.15) is 0 Å². The number of nitrogens with zero attached hydrogens (tertiary/aromatic N) is 2. The van der Waals surface area contributed by atoms with Gasteiger partial charge >= 0.3 is 5.97 Å². The Balaban J connectivity index is 2.07. The molecule has 1 amide bonds. The number of rotatable bonds is 7. The third-order valence-electron chi connectivity index (χ3n) is 3.69. The molecule has 0 heterocycles. The van der Waals surface area contributed by atoms with Crippen molar-refractivity contribution in [1.29, 1.82) is 0 Å². The Morgan fingerprint density at radius 2 is 1.89 bits per heavy atom. The van der Waals surface area contributed by atoms with E-state index in [4.69, 9.17) is 4.74 Å². The van der Waals surface area contributed by atoms with Crippen LogP contribution in [-0.4, -0.2) is 36.2 Å². The zero-order chi connectivity index (χ0) is 20.0. The molecular weight excluding hydrogens is 375 g/mol. The lowest BCUT2D eigenvalue weighted by molar-refractivity contribution is -0.387. The second-order valence-corrected chi connectivity index (χ2v) is 6.18. The number of carbonyl (C=O) groups is 2. The first-order chi connectivity index (χ1) is 12.9. The lowest BCUT2D eigenvalue weighted by Gasteiger charge is -2.20. The van der Waals surface area contributed by atoms with Gasteiger partial charge in [-0.05, 0) is 49.6 Å². The maximum Gasteiger partial charge on any atom is 0.338 e. The SMILES string of the molecule is CCN(C(=O)COC(=O)c1ccc(SC)c([N+](=O)[O-])c1)c1ccc(F)cc1. The summed E-state index contributed by atoms with van der Waals surface area (Å²) in [6.45, 7) is 1.49. The van der Waals surface area contributed by atoms with E-state index in [9.17, 15) is 24.1 Å². The Kier molecular flexibility index (Phi) is 6.89. The van der Waals surface area contributed by atoms with Crippen molar-refractivity contribution in [2.24, 2.45) is 0 Å². The first-order valence-electron chi connectivity index (χ1n) is 7.92. The Morgan fingerprint density at radius 3 is 2.44 bits per heavy atom. The van der Waals surface area contributed by atoms with Gasteiger partial charge in [0.15, 0.2) is 6.61 Å². The summed E-state index contributed by atoms with van der Waals surface area (Å²) in [5.74, 6) is -1.76. The molecule has 9 heteroatoms. The molecule has 0 unspecified atom stereocenters. The highest BCUT2D eigenvalue weighted by Crippen LogP contribution is 2.28. The molecule has 2 aromatic carbocycles. The summed E-state index contributed by atoms with van der Waals surface area (Å²) in [5, 5.41) is 11.1. The van der Waals surface area contributed by atoms with E-state index in [-0.39, 0.29) is 11.3 Å². The third-order valence-corrected chi connectivity index (χ3v) is 4.48. The Hall–Kier alpha value is -2.94. The maximum atomic E-state index is 13.0. The minimum atomic E-state index is -0.839. The normalized spacial score (nSPS) is 10.3. The van der Waals surface area contributed by atoms with Gasteiger partial charge in [-0.1, -0.05) is 0 Å². The summed E-state index contributed by atoms with van der Waals surface area (Å²) in [6.07, 6.45) is 1.69. The number of carbonyl (C=O) groups excluding carboxylic acids is 2. The molecule has 0 aliphatic carbocycles. The number of nitro groups is 1. The number of amides is 1. The predicted octanol–water partition coefficient (Wildman–Crippen LogP) is 3.67. The molecule has 0 saturated carbocycles. The number of halogens is 1. The molecule has 0 bridgehead atoms. The quantitative estimate of drug-likeness (QED) is 0.309. The van der Waals surface area contributed by atoms with Gasteiger partial charge in [0.25, 0.3) is 11.6 Å². The zero-order valence-corrected chi connectivity index (χ0v) is 15.5. The molecule has 0 fully saturated rings. The lowest BCUT2D eigenvalue weighted by Crippen LogP contribution is -2.34. The second-order valence-electron chi connectivity index (χ2n) is 5.33. The van der Waals surface area contributed by atoms with Crippen LogP contribution in [-0.2, 0) is 9.53 Å². The highest BCUT2D eigenvalue weighted by atomic mass is 32.2. The molecule has 7 nitrogen and oxygen atoms in total. The van der Waals surface area contributed by atoms with Crippen LogP contribution in [0.2, 0.25) is 0 Å². The fraction of sp³-hybridized carbons (Fsp3) is 0.222. The van der Waals surface area contributed by atoms with E-state index in [2.05, 4.69) is 0 Å². The average molecular weight is 392 g/mol. The molecule has 0 radical (unpaired) electrons. The smallest absolute Gasteiger partial charge is 0.338 e. The topological polar surface area (TPSA) is 89.8 Å². The van der Waals surface area contributed by atoms with Crippen molar-refractivity contribution in [3.8, 4) is 0 Å². The molecule has 0 N–H and O–H groups in total. The van der Waals surface area contributed by atoms with Crippen LogP contribution in [0.4, 0.5) is 15.8 Å². The number of esters is 1. The van der Waals surface area contributed by atoms with Crippen molar-refractivity contribution in [3.63, 3.8) is 0 Å². The highest BCUT2D eigenvalue weighted by Gasteiger charge is 2.20. The van der Waals surface area contributed by atoms with E-state index >= 15 is 0 Å². The Bertz CT molecular complexity index is 857. The number of thioether (sulfide) groups is 1. The maximum absolute atomic E-state index is 13.0. The summed E-state index contributed by atoms with van der Waals surface area (Å²) < 4.78 is 18.0. The molecule has 0 atom stereocenters. The van der Waals surface area contributed by atoms with E-state index in [0.29, 0.717) is 17.1 Å². The number of likely N-dealkylation sites (N-methyl/N-ethyl adjacent to an activating group) is 1. The zero-order valence-electron chi connectivity index (χ0n) is 14.7. The number of benzene rings is 2. The van der Waals surface area contributed by atoms with Crippen molar-refractivity contribution >= 4 is 35.0 Å². The van der Waals surface area contributed by atoms with Crippen molar-refractivity contribution in [2.75, 3.05) is 24.3 Å².